The van der Waals surface area contributed by atoms with Crippen LogP contribution in [-0.4, -0.2) is 27.5 Å². The lowest BCUT2D eigenvalue weighted by Gasteiger charge is -2.39. The molecule has 0 radical (unpaired) electrons. The monoisotopic (exact) mass is 262 g/mol. The minimum Gasteiger partial charge on any atom is -0.336 e. The maximum absolute atomic E-state index is 12.4. The second-order valence-corrected chi connectivity index (χ2v) is 5.55. The number of amides is 1. The summed E-state index contributed by atoms with van der Waals surface area (Å²) in [5.41, 5.74) is 0.600. The summed E-state index contributed by atoms with van der Waals surface area (Å²) in [6.07, 6.45) is 4.97. The Bertz CT molecular complexity index is 511. The van der Waals surface area contributed by atoms with Crippen LogP contribution in [0.3, 0.4) is 0 Å². The zero-order chi connectivity index (χ0) is 14.0. The molecule has 4 heteroatoms. The number of nitrogens with zero attached hydrogens (tertiary/aromatic N) is 2. The number of hydrogen-bond donors (Lipinski definition) is 0. The lowest BCUT2D eigenvalue weighted by Crippen LogP contribution is -2.49. The first-order valence-corrected chi connectivity index (χ1v) is 6.98. The normalized spacial score (nSPS) is 23.4. The van der Waals surface area contributed by atoms with Crippen molar-refractivity contribution in [2.45, 2.75) is 58.7 Å². The maximum Gasteiger partial charge on any atom is 0.253 e. The van der Waals surface area contributed by atoms with E-state index in [9.17, 15) is 9.59 Å². The molecule has 0 spiro atoms. The van der Waals surface area contributed by atoms with E-state index in [0.29, 0.717) is 5.56 Å². The van der Waals surface area contributed by atoms with E-state index in [1.807, 2.05) is 11.0 Å². The van der Waals surface area contributed by atoms with Crippen LogP contribution >= 0.6 is 0 Å². The highest BCUT2D eigenvalue weighted by Crippen LogP contribution is 2.22. The molecule has 2 heterocycles. The molecule has 1 aromatic rings. The number of aryl methyl sites for hydroxylation is 1. The maximum atomic E-state index is 12.4. The predicted molar refractivity (Wildman–Crippen MR) is 75.1 cm³/mol. The minimum atomic E-state index is -0.0758. The van der Waals surface area contributed by atoms with Crippen molar-refractivity contribution in [2.75, 3.05) is 0 Å². The van der Waals surface area contributed by atoms with Gasteiger partial charge in [0.1, 0.15) is 6.54 Å². The number of carbonyl (C=O) groups is 1. The summed E-state index contributed by atoms with van der Waals surface area (Å²) in [6.45, 7) is 6.10. The Balaban J connectivity index is 2.16. The molecule has 2 atom stereocenters. The molecule has 1 aliphatic heterocycles. The second-order valence-electron chi connectivity index (χ2n) is 5.55. The first-order valence-electron chi connectivity index (χ1n) is 6.98. The molecule has 1 fully saturated rings. The van der Waals surface area contributed by atoms with Gasteiger partial charge in [0, 0.05) is 23.8 Å². The molecule has 1 amide bonds. The smallest absolute Gasteiger partial charge is 0.253 e. The van der Waals surface area contributed by atoms with Gasteiger partial charge in [0.25, 0.3) is 5.56 Å². The van der Waals surface area contributed by atoms with Gasteiger partial charge in [-0.15, -0.1) is 0 Å². The molecule has 0 aromatic carbocycles. The zero-order valence-electron chi connectivity index (χ0n) is 11.9. The first-order chi connectivity index (χ1) is 9.00. The molecule has 0 saturated carbocycles. The van der Waals surface area contributed by atoms with E-state index in [1.54, 1.807) is 19.2 Å². The highest BCUT2D eigenvalue weighted by molar-refractivity contribution is 5.76. The number of rotatable bonds is 2. The fourth-order valence-electron chi connectivity index (χ4n) is 2.92. The third kappa shape index (κ3) is 2.88. The van der Waals surface area contributed by atoms with E-state index >= 15 is 0 Å². The molecular formula is C15H22N2O2. The fraction of sp³-hybridized carbons (Fsp3) is 0.600. The van der Waals surface area contributed by atoms with Crippen molar-refractivity contribution in [3.8, 4) is 0 Å². The van der Waals surface area contributed by atoms with Crippen LogP contribution in [-0.2, 0) is 11.3 Å². The van der Waals surface area contributed by atoms with Gasteiger partial charge in [0.2, 0.25) is 5.91 Å². The van der Waals surface area contributed by atoms with Crippen molar-refractivity contribution >= 4 is 5.91 Å². The van der Waals surface area contributed by atoms with Crippen LogP contribution in [0.2, 0.25) is 0 Å². The van der Waals surface area contributed by atoms with E-state index in [0.717, 1.165) is 12.8 Å². The average Bonchev–Trinajstić information content (AvgIpc) is 2.35. The molecule has 1 saturated heterocycles. The van der Waals surface area contributed by atoms with Gasteiger partial charge in [0.05, 0.1) is 0 Å². The van der Waals surface area contributed by atoms with Crippen LogP contribution in [0.5, 0.6) is 0 Å². The Morgan fingerprint density at radius 3 is 2.58 bits per heavy atom. The molecule has 1 aliphatic rings. The van der Waals surface area contributed by atoms with Crippen LogP contribution < -0.4 is 5.56 Å². The lowest BCUT2D eigenvalue weighted by molar-refractivity contribution is -0.138. The van der Waals surface area contributed by atoms with Crippen molar-refractivity contribution in [1.29, 1.82) is 0 Å². The van der Waals surface area contributed by atoms with E-state index in [4.69, 9.17) is 0 Å². The number of carbonyl (C=O) groups excluding carboxylic acids is 1. The first kappa shape index (κ1) is 13.8. The van der Waals surface area contributed by atoms with Crippen molar-refractivity contribution in [2.24, 2.45) is 0 Å². The van der Waals surface area contributed by atoms with E-state index < -0.39 is 0 Å². The Hall–Kier alpha value is -1.58. The fourth-order valence-corrected chi connectivity index (χ4v) is 2.92. The van der Waals surface area contributed by atoms with Gasteiger partial charge in [-0.3, -0.25) is 9.59 Å². The van der Waals surface area contributed by atoms with Gasteiger partial charge in [-0.25, -0.2) is 0 Å². The third-order valence-corrected chi connectivity index (χ3v) is 4.00. The van der Waals surface area contributed by atoms with Gasteiger partial charge in [0.15, 0.2) is 0 Å². The highest BCUT2D eigenvalue weighted by atomic mass is 16.2. The van der Waals surface area contributed by atoms with Crippen molar-refractivity contribution in [3.63, 3.8) is 0 Å². The molecular weight excluding hydrogens is 240 g/mol. The summed E-state index contributed by atoms with van der Waals surface area (Å²) in [7, 11) is 0. The van der Waals surface area contributed by atoms with Crippen LogP contribution in [0.25, 0.3) is 0 Å². The molecule has 0 unspecified atom stereocenters. The molecule has 19 heavy (non-hydrogen) atoms. The van der Waals surface area contributed by atoms with E-state index in [2.05, 4.69) is 13.8 Å². The molecule has 0 aliphatic carbocycles. The molecule has 104 valence electrons. The average molecular weight is 262 g/mol. The number of piperidine rings is 1. The molecule has 4 nitrogen and oxygen atoms in total. The summed E-state index contributed by atoms with van der Waals surface area (Å²) in [4.78, 5) is 26.3. The molecule has 0 N–H and O–H groups in total. The predicted octanol–water partition coefficient (Wildman–Crippen LogP) is 1.95. The summed E-state index contributed by atoms with van der Waals surface area (Å²) >= 11 is 0. The third-order valence-electron chi connectivity index (χ3n) is 4.00. The van der Waals surface area contributed by atoms with Crippen LogP contribution in [0.1, 0.15) is 38.7 Å². The number of aromatic nitrogens is 1. The van der Waals surface area contributed by atoms with Crippen LogP contribution in [0.4, 0.5) is 0 Å². The zero-order valence-corrected chi connectivity index (χ0v) is 11.9. The van der Waals surface area contributed by atoms with E-state index in [1.165, 1.54) is 11.0 Å². The van der Waals surface area contributed by atoms with Crippen LogP contribution in [0.15, 0.2) is 23.1 Å². The Kier molecular flexibility index (Phi) is 4.08. The highest BCUT2D eigenvalue weighted by Gasteiger charge is 2.28. The van der Waals surface area contributed by atoms with Gasteiger partial charge >= 0.3 is 0 Å². The summed E-state index contributed by atoms with van der Waals surface area (Å²) in [5.74, 6) is 0.0485. The Morgan fingerprint density at radius 1 is 1.32 bits per heavy atom. The van der Waals surface area contributed by atoms with Gasteiger partial charge < -0.3 is 9.47 Å². The summed E-state index contributed by atoms with van der Waals surface area (Å²) < 4.78 is 1.51. The SMILES string of the molecule is Cc1cccn(CC(=O)N2[C@H](C)CCC[C@@H]2C)c1=O. The van der Waals surface area contributed by atoms with Crippen molar-refractivity contribution < 1.29 is 4.79 Å². The number of likely N-dealkylation sites (tertiary alicyclic amines) is 1. The van der Waals surface area contributed by atoms with E-state index in [-0.39, 0.29) is 30.1 Å². The van der Waals surface area contributed by atoms with Crippen LogP contribution in [0, 0.1) is 6.92 Å². The minimum absolute atomic E-state index is 0.0485. The van der Waals surface area contributed by atoms with Crippen molar-refractivity contribution in [1.82, 2.24) is 9.47 Å². The topological polar surface area (TPSA) is 42.3 Å². The molecule has 0 bridgehead atoms. The number of hydrogen-bond acceptors (Lipinski definition) is 2. The Labute approximate surface area is 114 Å². The number of pyridine rings is 1. The lowest BCUT2D eigenvalue weighted by atomic mass is 9.97. The van der Waals surface area contributed by atoms with Gasteiger partial charge in [-0.1, -0.05) is 6.07 Å². The van der Waals surface area contributed by atoms with Gasteiger partial charge in [-0.05, 0) is 46.1 Å². The van der Waals surface area contributed by atoms with Crippen molar-refractivity contribution in [3.05, 3.63) is 34.2 Å². The summed E-state index contributed by atoms with van der Waals surface area (Å²) in [5, 5.41) is 0. The second kappa shape index (κ2) is 5.59. The Morgan fingerprint density at radius 2 is 1.95 bits per heavy atom. The molecule has 1 aromatic heterocycles. The summed E-state index contributed by atoms with van der Waals surface area (Å²) in [6, 6.07) is 4.14. The largest absolute Gasteiger partial charge is 0.336 e. The van der Waals surface area contributed by atoms with Gasteiger partial charge in [-0.2, -0.15) is 0 Å². The quantitative estimate of drug-likeness (QED) is 0.817. The standard InChI is InChI=1S/C15H22N2O2/c1-11-6-5-9-16(15(11)19)10-14(18)17-12(2)7-4-8-13(17)3/h5-6,9,12-13H,4,7-8,10H2,1-3H3/t12-,13+. The molecule has 2 rings (SSSR count).